The van der Waals surface area contributed by atoms with Crippen molar-refractivity contribution < 1.29 is 9.53 Å². The summed E-state index contributed by atoms with van der Waals surface area (Å²) in [6.07, 6.45) is 3.35. The zero-order valence-corrected chi connectivity index (χ0v) is 17.5. The molecule has 0 aliphatic carbocycles. The number of rotatable bonds is 5. The number of thioether (sulfide) groups is 1. The first-order valence-corrected chi connectivity index (χ1v) is 10.3. The maximum absolute atomic E-state index is 13.0. The fraction of sp³-hybridized carbons (Fsp3) is 0.550. The quantitative estimate of drug-likeness (QED) is 0.730. The van der Waals surface area contributed by atoms with Gasteiger partial charge in [0.1, 0.15) is 5.75 Å². The molecule has 3 atom stereocenters. The number of aromatic nitrogens is 3. The van der Waals surface area contributed by atoms with E-state index in [-0.39, 0.29) is 11.2 Å². The van der Waals surface area contributed by atoms with Crippen molar-refractivity contribution in [3.05, 3.63) is 24.3 Å². The standard InChI is InChI=1S/C20H28N4O2S/c1-13-9-8-10-14(2)24(13)19(25)15(3)27-20-22-21-18(23(20)4)16-11-6-7-12-17(16)26-5/h6-7,11-15H,8-10H2,1-5H3/t13-,14-,15-/m1/s1. The van der Waals surface area contributed by atoms with Crippen LogP contribution in [-0.4, -0.2) is 50.0 Å². The van der Waals surface area contributed by atoms with Crippen LogP contribution in [0, 0.1) is 0 Å². The minimum atomic E-state index is -0.207. The van der Waals surface area contributed by atoms with Gasteiger partial charge in [-0.15, -0.1) is 10.2 Å². The van der Waals surface area contributed by atoms with Crippen LogP contribution in [0.2, 0.25) is 0 Å². The normalized spacial score (nSPS) is 21.1. The number of ether oxygens (including phenoxy) is 1. The van der Waals surface area contributed by atoms with Crippen molar-refractivity contribution in [2.75, 3.05) is 7.11 Å². The molecule has 27 heavy (non-hydrogen) atoms. The number of methoxy groups -OCH3 is 1. The Labute approximate surface area is 165 Å². The number of hydrogen-bond donors (Lipinski definition) is 0. The van der Waals surface area contributed by atoms with Gasteiger partial charge in [-0.1, -0.05) is 23.9 Å². The molecule has 2 heterocycles. The summed E-state index contributed by atoms with van der Waals surface area (Å²) in [6.45, 7) is 6.25. The second kappa shape index (κ2) is 8.33. The highest BCUT2D eigenvalue weighted by Gasteiger charge is 2.32. The average Bonchev–Trinajstić information content (AvgIpc) is 3.01. The van der Waals surface area contributed by atoms with Gasteiger partial charge in [-0.2, -0.15) is 0 Å². The highest BCUT2D eigenvalue weighted by atomic mass is 32.2. The monoisotopic (exact) mass is 388 g/mol. The van der Waals surface area contributed by atoms with Gasteiger partial charge in [0.25, 0.3) is 0 Å². The molecule has 2 aromatic rings. The second-order valence-corrected chi connectivity index (χ2v) is 8.51. The molecule has 0 unspecified atom stereocenters. The van der Waals surface area contributed by atoms with Gasteiger partial charge in [0.15, 0.2) is 11.0 Å². The van der Waals surface area contributed by atoms with Gasteiger partial charge in [0.2, 0.25) is 5.91 Å². The molecule has 0 spiro atoms. The third kappa shape index (κ3) is 3.98. The molecule has 3 rings (SSSR count). The number of likely N-dealkylation sites (tertiary alicyclic amines) is 1. The fourth-order valence-corrected chi connectivity index (χ4v) is 4.63. The largest absolute Gasteiger partial charge is 0.496 e. The molecule has 1 aliphatic heterocycles. The molecule has 146 valence electrons. The van der Waals surface area contributed by atoms with Crippen LogP contribution in [-0.2, 0) is 11.8 Å². The lowest BCUT2D eigenvalue weighted by atomic mass is 9.97. The van der Waals surface area contributed by atoms with Gasteiger partial charge in [0.05, 0.1) is 17.9 Å². The first-order chi connectivity index (χ1) is 12.9. The fourth-order valence-electron chi connectivity index (χ4n) is 3.76. The zero-order chi connectivity index (χ0) is 19.6. The maximum Gasteiger partial charge on any atom is 0.236 e. The van der Waals surface area contributed by atoms with Crippen molar-refractivity contribution >= 4 is 17.7 Å². The highest BCUT2D eigenvalue weighted by Crippen LogP contribution is 2.32. The summed E-state index contributed by atoms with van der Waals surface area (Å²) in [5, 5.41) is 9.18. The van der Waals surface area contributed by atoms with Crippen LogP contribution in [0.25, 0.3) is 11.4 Å². The molecule has 1 amide bonds. The van der Waals surface area contributed by atoms with E-state index in [2.05, 4.69) is 28.9 Å². The van der Waals surface area contributed by atoms with Crippen LogP contribution in [0.5, 0.6) is 5.75 Å². The Balaban J connectivity index is 1.78. The molecular formula is C20H28N4O2S. The molecule has 1 aliphatic rings. The number of amides is 1. The van der Waals surface area contributed by atoms with Crippen LogP contribution >= 0.6 is 11.8 Å². The first kappa shape index (κ1) is 19.7. The number of carbonyl (C=O) groups excluding carboxylic acids is 1. The predicted octanol–water partition coefficient (Wildman–Crippen LogP) is 3.76. The summed E-state index contributed by atoms with van der Waals surface area (Å²) in [6, 6.07) is 8.34. The minimum Gasteiger partial charge on any atom is -0.496 e. The number of piperidine rings is 1. The summed E-state index contributed by atoms with van der Waals surface area (Å²) in [5.74, 6) is 1.67. The Morgan fingerprint density at radius 3 is 2.56 bits per heavy atom. The molecule has 0 saturated carbocycles. The van der Waals surface area contributed by atoms with E-state index < -0.39 is 0 Å². The molecule has 1 aromatic heterocycles. The molecule has 0 bridgehead atoms. The van der Waals surface area contributed by atoms with E-state index in [0.717, 1.165) is 35.1 Å². The van der Waals surface area contributed by atoms with Crippen molar-refractivity contribution in [3.63, 3.8) is 0 Å². The second-order valence-electron chi connectivity index (χ2n) is 7.20. The topological polar surface area (TPSA) is 60.3 Å². The Morgan fingerprint density at radius 1 is 1.22 bits per heavy atom. The Morgan fingerprint density at radius 2 is 1.89 bits per heavy atom. The number of carbonyl (C=O) groups is 1. The Kier molecular flexibility index (Phi) is 6.09. The number of benzene rings is 1. The molecular weight excluding hydrogens is 360 g/mol. The number of hydrogen-bond acceptors (Lipinski definition) is 5. The van der Waals surface area contributed by atoms with Gasteiger partial charge >= 0.3 is 0 Å². The lowest BCUT2D eigenvalue weighted by molar-refractivity contribution is -0.136. The van der Waals surface area contributed by atoms with Crippen molar-refractivity contribution in [1.82, 2.24) is 19.7 Å². The van der Waals surface area contributed by atoms with Crippen molar-refractivity contribution in [2.45, 2.75) is 62.5 Å². The van der Waals surface area contributed by atoms with E-state index >= 15 is 0 Å². The van der Waals surface area contributed by atoms with Gasteiger partial charge < -0.3 is 14.2 Å². The van der Waals surface area contributed by atoms with E-state index in [4.69, 9.17) is 4.74 Å². The third-order valence-corrected chi connectivity index (χ3v) is 6.38. The van der Waals surface area contributed by atoms with E-state index in [1.54, 1.807) is 7.11 Å². The smallest absolute Gasteiger partial charge is 0.236 e. The zero-order valence-electron chi connectivity index (χ0n) is 16.7. The summed E-state index contributed by atoms with van der Waals surface area (Å²) < 4.78 is 7.36. The van der Waals surface area contributed by atoms with E-state index in [1.165, 1.54) is 18.2 Å². The lowest BCUT2D eigenvalue weighted by Gasteiger charge is -2.40. The predicted molar refractivity (Wildman–Crippen MR) is 108 cm³/mol. The third-order valence-electron chi connectivity index (χ3n) is 5.26. The van der Waals surface area contributed by atoms with Gasteiger partial charge in [0, 0.05) is 19.1 Å². The van der Waals surface area contributed by atoms with Crippen molar-refractivity contribution in [3.8, 4) is 17.1 Å². The van der Waals surface area contributed by atoms with Crippen LogP contribution < -0.4 is 4.74 Å². The van der Waals surface area contributed by atoms with Crippen LogP contribution in [0.1, 0.15) is 40.0 Å². The van der Waals surface area contributed by atoms with E-state index in [9.17, 15) is 4.79 Å². The summed E-state index contributed by atoms with van der Waals surface area (Å²) in [5.41, 5.74) is 0.888. The van der Waals surface area contributed by atoms with Gasteiger partial charge in [-0.25, -0.2) is 0 Å². The molecule has 1 aromatic carbocycles. The van der Waals surface area contributed by atoms with Gasteiger partial charge in [-0.3, -0.25) is 4.79 Å². The molecule has 1 saturated heterocycles. The molecule has 0 N–H and O–H groups in total. The van der Waals surface area contributed by atoms with E-state index in [0.29, 0.717) is 12.1 Å². The Bertz CT molecular complexity index is 797. The SMILES string of the molecule is COc1ccccc1-c1nnc(S[C@H](C)C(=O)N2[C@H](C)CCC[C@H]2C)n1C. The van der Waals surface area contributed by atoms with Crippen LogP contribution in [0.15, 0.2) is 29.4 Å². The van der Waals surface area contributed by atoms with Crippen molar-refractivity contribution in [1.29, 1.82) is 0 Å². The van der Waals surface area contributed by atoms with E-state index in [1.807, 2.05) is 42.8 Å². The highest BCUT2D eigenvalue weighted by molar-refractivity contribution is 8.00. The summed E-state index contributed by atoms with van der Waals surface area (Å²) in [7, 11) is 3.57. The van der Waals surface area contributed by atoms with Crippen LogP contribution in [0.4, 0.5) is 0 Å². The Hall–Kier alpha value is -2.02. The van der Waals surface area contributed by atoms with Crippen molar-refractivity contribution in [2.24, 2.45) is 7.05 Å². The van der Waals surface area contributed by atoms with Gasteiger partial charge in [-0.05, 0) is 52.2 Å². The number of nitrogens with zero attached hydrogens (tertiary/aromatic N) is 4. The molecule has 6 nitrogen and oxygen atoms in total. The maximum atomic E-state index is 13.0. The summed E-state index contributed by atoms with van der Waals surface area (Å²) >= 11 is 1.46. The minimum absolute atomic E-state index is 0.182. The molecule has 1 fully saturated rings. The lowest BCUT2D eigenvalue weighted by Crippen LogP contribution is -2.50. The molecule has 0 radical (unpaired) electrons. The molecule has 7 heteroatoms. The van der Waals surface area contributed by atoms with Crippen LogP contribution in [0.3, 0.4) is 0 Å². The summed E-state index contributed by atoms with van der Waals surface area (Å²) in [4.78, 5) is 15.1. The number of para-hydroxylation sites is 1. The average molecular weight is 389 g/mol. The first-order valence-electron chi connectivity index (χ1n) is 9.45.